The minimum atomic E-state index is 0. The van der Waals surface area contributed by atoms with Crippen LogP contribution in [0.2, 0.25) is 0 Å². The molecule has 1 rings (SSSR count). The number of nitrogens with zero attached hydrogens (tertiary/aromatic N) is 2. The second-order valence-corrected chi connectivity index (χ2v) is 5.01. The van der Waals surface area contributed by atoms with E-state index in [0.717, 1.165) is 32.0 Å². The van der Waals surface area contributed by atoms with Gasteiger partial charge in [-0.3, -0.25) is 9.79 Å². The van der Waals surface area contributed by atoms with E-state index in [4.69, 9.17) is 9.47 Å². The Balaban J connectivity index is 0.00000529. The van der Waals surface area contributed by atoms with Gasteiger partial charge < -0.3 is 24.7 Å². The first kappa shape index (κ1) is 22.9. The third kappa shape index (κ3) is 10.6. The molecule has 0 unspecified atom stereocenters. The fourth-order valence-corrected chi connectivity index (χ4v) is 1.95. The van der Waals surface area contributed by atoms with Crippen LogP contribution in [0.4, 0.5) is 0 Å². The highest BCUT2D eigenvalue weighted by molar-refractivity contribution is 14.0. The molecule has 0 saturated carbocycles. The molecule has 138 valence electrons. The zero-order chi connectivity index (χ0) is 16.8. The third-order valence-corrected chi connectivity index (χ3v) is 3.14. The quantitative estimate of drug-likeness (QED) is 0.228. The fourth-order valence-electron chi connectivity index (χ4n) is 1.95. The molecule has 1 heterocycles. The molecule has 1 aromatic rings. The van der Waals surface area contributed by atoms with Crippen LogP contribution in [0.5, 0.6) is 0 Å². The summed E-state index contributed by atoms with van der Waals surface area (Å²) in [5.41, 5.74) is 0.0209. The number of pyridine rings is 1. The van der Waals surface area contributed by atoms with Crippen molar-refractivity contribution in [2.45, 2.75) is 19.4 Å². The zero-order valence-electron chi connectivity index (χ0n) is 14.5. The van der Waals surface area contributed by atoms with Crippen molar-refractivity contribution in [2.24, 2.45) is 4.99 Å². The number of rotatable bonds is 11. The molecule has 0 bridgehead atoms. The second-order valence-electron chi connectivity index (χ2n) is 5.01. The number of guanidine groups is 1. The van der Waals surface area contributed by atoms with Crippen LogP contribution in [0.1, 0.15) is 12.8 Å². The van der Waals surface area contributed by atoms with Gasteiger partial charge in [-0.2, -0.15) is 0 Å². The lowest BCUT2D eigenvalue weighted by atomic mass is 10.4. The van der Waals surface area contributed by atoms with Crippen molar-refractivity contribution < 1.29 is 9.47 Å². The van der Waals surface area contributed by atoms with Gasteiger partial charge in [-0.25, -0.2) is 0 Å². The first-order chi connectivity index (χ1) is 11.3. The van der Waals surface area contributed by atoms with Crippen molar-refractivity contribution in [2.75, 3.05) is 47.1 Å². The van der Waals surface area contributed by atoms with Crippen LogP contribution in [0.25, 0.3) is 0 Å². The topological polar surface area (TPSA) is 76.9 Å². The highest BCUT2D eigenvalue weighted by Crippen LogP contribution is 1.89. The number of methoxy groups -OCH3 is 2. The monoisotopic (exact) mass is 452 g/mol. The number of nitrogens with one attached hydrogen (secondary N) is 2. The molecule has 8 heteroatoms. The predicted molar refractivity (Wildman–Crippen MR) is 107 cm³/mol. The van der Waals surface area contributed by atoms with Gasteiger partial charge in [0.15, 0.2) is 5.96 Å². The van der Waals surface area contributed by atoms with Crippen molar-refractivity contribution in [3.63, 3.8) is 0 Å². The molecule has 0 spiro atoms. The van der Waals surface area contributed by atoms with E-state index in [2.05, 4.69) is 15.6 Å². The number of aromatic nitrogens is 1. The fraction of sp³-hybridized carbons (Fsp3) is 0.625. The van der Waals surface area contributed by atoms with Gasteiger partial charge in [-0.1, -0.05) is 6.07 Å². The molecule has 0 aliphatic rings. The molecule has 0 aliphatic carbocycles. The summed E-state index contributed by atoms with van der Waals surface area (Å²) in [4.78, 5) is 16.1. The Kier molecular flexibility index (Phi) is 14.7. The minimum absolute atomic E-state index is 0. The van der Waals surface area contributed by atoms with E-state index in [-0.39, 0.29) is 29.5 Å². The van der Waals surface area contributed by atoms with Crippen LogP contribution in [-0.2, 0) is 16.0 Å². The van der Waals surface area contributed by atoms with E-state index in [1.54, 1.807) is 37.1 Å². The molecule has 2 N–H and O–H groups in total. The maximum Gasteiger partial charge on any atom is 0.250 e. The van der Waals surface area contributed by atoms with Crippen molar-refractivity contribution in [3.8, 4) is 0 Å². The van der Waals surface area contributed by atoms with Gasteiger partial charge in [-0.15, -0.1) is 24.0 Å². The van der Waals surface area contributed by atoms with Gasteiger partial charge in [0.1, 0.15) is 0 Å². The van der Waals surface area contributed by atoms with Crippen LogP contribution in [0.15, 0.2) is 34.2 Å². The lowest BCUT2D eigenvalue weighted by molar-refractivity contribution is 0.195. The standard InChI is InChI=1S/C16H28N4O3.HI/c1-22-13-6-9-18-16(19-10-14-23-2)17-8-5-12-20-11-4-3-7-15(20)21;/h3-4,7,11H,5-6,8-10,12-14H2,1-2H3,(H2,17,18,19);1H. The normalized spacial score (nSPS) is 11.0. The summed E-state index contributed by atoms with van der Waals surface area (Å²) in [5.74, 6) is 0.763. The molecular formula is C16H29IN4O3. The van der Waals surface area contributed by atoms with Crippen molar-refractivity contribution in [3.05, 3.63) is 34.7 Å². The molecule has 0 aromatic carbocycles. The highest BCUT2D eigenvalue weighted by atomic mass is 127. The summed E-state index contributed by atoms with van der Waals surface area (Å²) in [6, 6.07) is 5.18. The number of hydrogen-bond donors (Lipinski definition) is 2. The third-order valence-electron chi connectivity index (χ3n) is 3.14. The van der Waals surface area contributed by atoms with Gasteiger partial charge in [0, 0.05) is 59.3 Å². The summed E-state index contributed by atoms with van der Waals surface area (Å²) in [7, 11) is 3.36. The number of aryl methyl sites for hydroxylation is 1. The van der Waals surface area contributed by atoms with E-state index in [0.29, 0.717) is 26.2 Å². The van der Waals surface area contributed by atoms with Gasteiger partial charge in [0.25, 0.3) is 0 Å². The smallest absolute Gasteiger partial charge is 0.250 e. The van der Waals surface area contributed by atoms with Crippen LogP contribution in [0, 0.1) is 0 Å². The van der Waals surface area contributed by atoms with Gasteiger partial charge in [0.2, 0.25) is 5.56 Å². The van der Waals surface area contributed by atoms with Gasteiger partial charge in [-0.05, 0) is 18.9 Å². The molecule has 0 aliphatic heterocycles. The summed E-state index contributed by atoms with van der Waals surface area (Å²) in [6.45, 7) is 4.15. The lowest BCUT2D eigenvalue weighted by Gasteiger charge is -2.12. The number of halogens is 1. The van der Waals surface area contributed by atoms with Crippen molar-refractivity contribution in [1.82, 2.24) is 15.2 Å². The lowest BCUT2D eigenvalue weighted by Crippen LogP contribution is -2.39. The Bertz CT molecular complexity index is 508. The SMILES string of the molecule is COCCCNC(=NCCCn1ccccc1=O)NCCOC.I. The molecule has 0 amide bonds. The first-order valence-corrected chi connectivity index (χ1v) is 7.93. The first-order valence-electron chi connectivity index (χ1n) is 7.93. The van der Waals surface area contributed by atoms with E-state index >= 15 is 0 Å². The number of aliphatic imine (C=N–C) groups is 1. The Morgan fingerprint density at radius 2 is 1.88 bits per heavy atom. The number of hydrogen-bond acceptors (Lipinski definition) is 4. The van der Waals surface area contributed by atoms with E-state index < -0.39 is 0 Å². The van der Waals surface area contributed by atoms with Crippen LogP contribution < -0.4 is 16.2 Å². The molecule has 0 atom stereocenters. The Morgan fingerprint density at radius 3 is 2.58 bits per heavy atom. The molecule has 1 aromatic heterocycles. The Labute approximate surface area is 160 Å². The van der Waals surface area contributed by atoms with E-state index in [1.165, 1.54) is 0 Å². The van der Waals surface area contributed by atoms with Crippen LogP contribution in [-0.4, -0.2) is 57.6 Å². The predicted octanol–water partition coefficient (Wildman–Crippen LogP) is 1.07. The molecule has 7 nitrogen and oxygen atoms in total. The molecule has 24 heavy (non-hydrogen) atoms. The minimum Gasteiger partial charge on any atom is -0.385 e. The molecular weight excluding hydrogens is 423 g/mol. The summed E-state index contributed by atoms with van der Waals surface area (Å²) < 4.78 is 11.8. The van der Waals surface area contributed by atoms with E-state index in [9.17, 15) is 4.79 Å². The Morgan fingerprint density at radius 1 is 1.12 bits per heavy atom. The van der Waals surface area contributed by atoms with Crippen molar-refractivity contribution >= 4 is 29.9 Å². The summed E-state index contributed by atoms with van der Waals surface area (Å²) in [6.07, 6.45) is 3.52. The number of ether oxygens (including phenoxy) is 2. The van der Waals surface area contributed by atoms with Crippen LogP contribution in [0.3, 0.4) is 0 Å². The van der Waals surface area contributed by atoms with E-state index in [1.807, 2.05) is 6.07 Å². The average molecular weight is 452 g/mol. The zero-order valence-corrected chi connectivity index (χ0v) is 16.8. The second kappa shape index (κ2) is 15.4. The van der Waals surface area contributed by atoms with Gasteiger partial charge in [0.05, 0.1) is 6.61 Å². The maximum atomic E-state index is 11.6. The van der Waals surface area contributed by atoms with Gasteiger partial charge >= 0.3 is 0 Å². The largest absolute Gasteiger partial charge is 0.385 e. The summed E-state index contributed by atoms with van der Waals surface area (Å²) >= 11 is 0. The molecule has 0 radical (unpaired) electrons. The van der Waals surface area contributed by atoms with Crippen molar-refractivity contribution in [1.29, 1.82) is 0 Å². The maximum absolute atomic E-state index is 11.6. The summed E-state index contributed by atoms with van der Waals surface area (Å²) in [5, 5.41) is 6.47. The average Bonchev–Trinajstić information content (AvgIpc) is 2.56. The molecule has 0 fully saturated rings. The van der Waals surface area contributed by atoms with Crippen LogP contribution >= 0.6 is 24.0 Å². The Hall–Kier alpha value is -1.13. The highest BCUT2D eigenvalue weighted by Gasteiger charge is 1.98. The molecule has 0 saturated heterocycles.